The molecule has 2 aromatic heterocycles. The Morgan fingerprint density at radius 3 is 1.35 bits per heavy atom. The van der Waals surface area contributed by atoms with Crippen molar-refractivity contribution < 1.29 is 0 Å². The standard InChI is InChI=1S/C43H39N3/c1-5-28-15-13-16-29(6-2)40(28)38-25-32(23-24-44-38)42-34-19-9-11-21-36(34)43(37-22-12-10-20-35(37)42)33-26-39(46-45-27-33)41-30(7-3)17-14-18-31(41)8-4/h9-27H,5-8H2,1-4H3. The highest BCUT2D eigenvalue weighted by Crippen LogP contribution is 2.44. The lowest BCUT2D eigenvalue weighted by Crippen LogP contribution is -1.99. The summed E-state index contributed by atoms with van der Waals surface area (Å²) in [6, 6.07) is 37.5. The van der Waals surface area contributed by atoms with Crippen LogP contribution in [0.3, 0.4) is 0 Å². The van der Waals surface area contributed by atoms with Crippen LogP contribution in [0.15, 0.2) is 116 Å². The molecule has 0 aliphatic carbocycles. The zero-order valence-electron chi connectivity index (χ0n) is 27.1. The number of nitrogens with zero attached hydrogens (tertiary/aromatic N) is 3. The average Bonchev–Trinajstić information content (AvgIpc) is 3.12. The number of aromatic nitrogens is 3. The molecule has 7 rings (SSSR count). The second kappa shape index (κ2) is 12.7. The smallest absolute Gasteiger partial charge is 0.0941 e. The Hall–Kier alpha value is -5.15. The number of fused-ring (bicyclic) bond motifs is 2. The highest BCUT2D eigenvalue weighted by Gasteiger charge is 2.20. The van der Waals surface area contributed by atoms with Crippen LogP contribution >= 0.6 is 0 Å². The van der Waals surface area contributed by atoms with Crippen molar-refractivity contribution in [2.75, 3.05) is 0 Å². The van der Waals surface area contributed by atoms with Crippen molar-refractivity contribution in [3.05, 3.63) is 138 Å². The summed E-state index contributed by atoms with van der Waals surface area (Å²) in [6.45, 7) is 8.88. The molecule has 0 spiro atoms. The average molecular weight is 598 g/mol. The fourth-order valence-electron chi connectivity index (χ4n) is 7.24. The largest absolute Gasteiger partial charge is 0.256 e. The summed E-state index contributed by atoms with van der Waals surface area (Å²) in [7, 11) is 0. The molecule has 0 N–H and O–H groups in total. The molecule has 3 heteroatoms. The van der Waals surface area contributed by atoms with Crippen molar-refractivity contribution in [1.82, 2.24) is 15.2 Å². The van der Waals surface area contributed by atoms with Gasteiger partial charge in [-0.05, 0) is 104 Å². The molecule has 0 unspecified atom stereocenters. The molecule has 0 atom stereocenters. The van der Waals surface area contributed by atoms with Crippen LogP contribution in [0.4, 0.5) is 0 Å². The van der Waals surface area contributed by atoms with Gasteiger partial charge in [-0.2, -0.15) is 10.2 Å². The molecular formula is C43H39N3. The first-order valence-electron chi connectivity index (χ1n) is 16.6. The molecular weight excluding hydrogens is 558 g/mol. The molecule has 226 valence electrons. The van der Waals surface area contributed by atoms with Crippen molar-refractivity contribution >= 4 is 21.5 Å². The number of rotatable bonds is 8. The molecule has 0 bridgehead atoms. The van der Waals surface area contributed by atoms with Crippen molar-refractivity contribution in [2.45, 2.75) is 53.4 Å². The summed E-state index contributed by atoms with van der Waals surface area (Å²) in [4.78, 5) is 4.93. The minimum atomic E-state index is 0.934. The third-order valence-electron chi connectivity index (χ3n) is 9.43. The first-order chi connectivity index (χ1) is 22.7. The van der Waals surface area contributed by atoms with Gasteiger partial charge in [0.25, 0.3) is 0 Å². The van der Waals surface area contributed by atoms with Gasteiger partial charge in [0.1, 0.15) is 0 Å². The Balaban J connectivity index is 1.49. The van der Waals surface area contributed by atoms with Crippen molar-refractivity contribution in [3.8, 4) is 44.8 Å². The molecule has 7 aromatic rings. The molecule has 46 heavy (non-hydrogen) atoms. The van der Waals surface area contributed by atoms with E-state index in [0.29, 0.717) is 0 Å². The molecule has 2 heterocycles. The third-order valence-corrected chi connectivity index (χ3v) is 9.43. The lowest BCUT2D eigenvalue weighted by Gasteiger charge is -2.19. The Bertz CT molecular complexity index is 1950. The highest BCUT2D eigenvalue weighted by molar-refractivity contribution is 6.21. The molecule has 0 saturated heterocycles. The van der Waals surface area contributed by atoms with Gasteiger partial charge >= 0.3 is 0 Å². The van der Waals surface area contributed by atoms with Gasteiger partial charge in [0.05, 0.1) is 17.6 Å². The molecule has 0 aliphatic rings. The lowest BCUT2D eigenvalue weighted by atomic mass is 9.85. The first kappa shape index (κ1) is 29.6. The van der Waals surface area contributed by atoms with E-state index in [9.17, 15) is 0 Å². The van der Waals surface area contributed by atoms with Crippen LogP contribution in [-0.4, -0.2) is 15.2 Å². The molecule has 0 fully saturated rings. The Morgan fingerprint density at radius 1 is 0.435 bits per heavy atom. The molecule has 0 amide bonds. The van der Waals surface area contributed by atoms with E-state index in [0.717, 1.165) is 42.6 Å². The van der Waals surface area contributed by atoms with E-state index in [1.165, 1.54) is 71.6 Å². The van der Waals surface area contributed by atoms with Crippen LogP contribution in [0.1, 0.15) is 49.9 Å². The van der Waals surface area contributed by atoms with E-state index < -0.39 is 0 Å². The van der Waals surface area contributed by atoms with Crippen molar-refractivity contribution in [2.24, 2.45) is 0 Å². The number of hydrogen-bond donors (Lipinski definition) is 0. The minimum Gasteiger partial charge on any atom is -0.256 e. The maximum Gasteiger partial charge on any atom is 0.0941 e. The third kappa shape index (κ3) is 5.06. The molecule has 0 radical (unpaired) electrons. The SMILES string of the molecule is CCc1cccc(CC)c1-c1cc(-c2c3ccccc3c(-c3cnnc(-c4c(CC)cccc4CC)c3)c3ccccc23)ccn1. The van der Waals surface area contributed by atoms with Crippen LogP contribution in [-0.2, 0) is 25.7 Å². The summed E-state index contributed by atoms with van der Waals surface area (Å²) in [5, 5.41) is 14.1. The maximum atomic E-state index is 4.93. The summed E-state index contributed by atoms with van der Waals surface area (Å²) in [5.74, 6) is 0. The molecule has 3 nitrogen and oxygen atoms in total. The summed E-state index contributed by atoms with van der Waals surface area (Å²) in [5.41, 5.74) is 14.4. The predicted molar refractivity (Wildman–Crippen MR) is 194 cm³/mol. The van der Waals surface area contributed by atoms with E-state index >= 15 is 0 Å². The number of aryl methyl sites for hydroxylation is 4. The lowest BCUT2D eigenvalue weighted by molar-refractivity contribution is 1.02. The topological polar surface area (TPSA) is 38.7 Å². The summed E-state index contributed by atoms with van der Waals surface area (Å²) in [6.07, 6.45) is 7.75. The van der Waals surface area contributed by atoms with E-state index in [4.69, 9.17) is 4.98 Å². The predicted octanol–water partition coefficient (Wildman–Crippen LogP) is 11.1. The monoisotopic (exact) mass is 597 g/mol. The van der Waals surface area contributed by atoms with Crippen LogP contribution in [0.25, 0.3) is 66.3 Å². The number of benzene rings is 5. The Labute approximate surface area is 272 Å². The normalized spacial score (nSPS) is 11.4. The second-order valence-electron chi connectivity index (χ2n) is 11.9. The fraction of sp³-hybridized carbons (Fsp3) is 0.186. The van der Waals surface area contributed by atoms with E-state index in [1.54, 1.807) is 0 Å². The zero-order chi connectivity index (χ0) is 31.6. The van der Waals surface area contributed by atoms with E-state index in [-0.39, 0.29) is 0 Å². The fourth-order valence-corrected chi connectivity index (χ4v) is 7.24. The van der Waals surface area contributed by atoms with E-state index in [1.807, 2.05) is 12.4 Å². The summed E-state index contributed by atoms with van der Waals surface area (Å²) >= 11 is 0. The Morgan fingerprint density at radius 2 is 0.870 bits per heavy atom. The van der Waals surface area contributed by atoms with E-state index in [2.05, 4.69) is 141 Å². The van der Waals surface area contributed by atoms with Gasteiger partial charge in [0, 0.05) is 22.9 Å². The highest BCUT2D eigenvalue weighted by atomic mass is 15.1. The Kier molecular flexibility index (Phi) is 8.15. The maximum absolute atomic E-state index is 4.93. The van der Waals surface area contributed by atoms with Crippen molar-refractivity contribution in [1.29, 1.82) is 0 Å². The van der Waals surface area contributed by atoms with Crippen LogP contribution in [0.2, 0.25) is 0 Å². The number of hydrogen-bond acceptors (Lipinski definition) is 3. The number of pyridine rings is 1. The zero-order valence-corrected chi connectivity index (χ0v) is 27.1. The van der Waals surface area contributed by atoms with Gasteiger partial charge in [-0.3, -0.25) is 4.98 Å². The minimum absolute atomic E-state index is 0.934. The van der Waals surface area contributed by atoms with Gasteiger partial charge in [-0.25, -0.2) is 0 Å². The van der Waals surface area contributed by atoms with Gasteiger partial charge in [0.15, 0.2) is 0 Å². The van der Waals surface area contributed by atoms with Gasteiger partial charge in [-0.1, -0.05) is 113 Å². The van der Waals surface area contributed by atoms with Crippen LogP contribution in [0, 0.1) is 0 Å². The quantitative estimate of drug-likeness (QED) is 0.164. The summed E-state index contributed by atoms with van der Waals surface area (Å²) < 4.78 is 0. The van der Waals surface area contributed by atoms with Crippen LogP contribution < -0.4 is 0 Å². The molecule has 0 saturated carbocycles. The van der Waals surface area contributed by atoms with Crippen molar-refractivity contribution in [3.63, 3.8) is 0 Å². The van der Waals surface area contributed by atoms with Gasteiger partial charge < -0.3 is 0 Å². The van der Waals surface area contributed by atoms with Gasteiger partial charge in [0.2, 0.25) is 0 Å². The first-order valence-corrected chi connectivity index (χ1v) is 16.6. The molecule has 5 aromatic carbocycles. The van der Waals surface area contributed by atoms with Gasteiger partial charge in [-0.15, -0.1) is 0 Å². The van der Waals surface area contributed by atoms with Crippen LogP contribution in [0.5, 0.6) is 0 Å². The second-order valence-corrected chi connectivity index (χ2v) is 11.9. The molecule has 0 aliphatic heterocycles.